The van der Waals surface area contributed by atoms with Crippen molar-refractivity contribution in [3.8, 4) is 0 Å². The number of benzene rings is 1. The summed E-state index contributed by atoms with van der Waals surface area (Å²) >= 11 is 0. The molecule has 0 saturated heterocycles. The summed E-state index contributed by atoms with van der Waals surface area (Å²) in [6.45, 7) is 2.55. The first-order valence-corrected chi connectivity index (χ1v) is 6.63. The second-order valence-corrected chi connectivity index (χ2v) is 5.48. The van der Waals surface area contributed by atoms with Crippen LogP contribution < -0.4 is 16.4 Å². The number of primary amides is 1. The van der Waals surface area contributed by atoms with Crippen LogP contribution in [0.4, 0.5) is 18.0 Å². The Morgan fingerprint density at radius 1 is 1.21 bits per heavy atom. The largest absolute Gasteiger partial charge is 0.465 e. The van der Waals surface area contributed by atoms with E-state index in [1.807, 2.05) is 5.32 Å². The highest BCUT2D eigenvalue weighted by molar-refractivity contribution is 5.93. The van der Waals surface area contributed by atoms with Gasteiger partial charge in [-0.15, -0.1) is 0 Å². The molecule has 0 radical (unpaired) electrons. The fourth-order valence-corrected chi connectivity index (χ4v) is 1.76. The van der Waals surface area contributed by atoms with Crippen LogP contribution in [0, 0.1) is 0 Å². The molecule has 1 rings (SSSR count). The van der Waals surface area contributed by atoms with Crippen molar-refractivity contribution < 1.29 is 32.7 Å². The predicted molar refractivity (Wildman–Crippen MR) is 76.8 cm³/mol. The Kier molecular flexibility index (Phi) is 5.43. The zero-order valence-electron chi connectivity index (χ0n) is 12.8. The Balaban J connectivity index is 3.21. The smallest absolute Gasteiger partial charge is 0.416 e. The minimum absolute atomic E-state index is 0.231. The molecule has 24 heavy (non-hydrogen) atoms. The van der Waals surface area contributed by atoms with Crippen LogP contribution in [-0.4, -0.2) is 28.6 Å². The van der Waals surface area contributed by atoms with E-state index in [1.54, 1.807) is 0 Å². The van der Waals surface area contributed by atoms with Crippen molar-refractivity contribution in [2.75, 3.05) is 0 Å². The van der Waals surface area contributed by atoms with Crippen molar-refractivity contribution in [3.05, 3.63) is 35.4 Å². The van der Waals surface area contributed by atoms with Gasteiger partial charge >= 0.3 is 12.3 Å². The molecule has 0 aliphatic heterocycles. The zero-order valence-corrected chi connectivity index (χ0v) is 12.8. The Bertz CT molecular complexity index is 659. The number of carboxylic acid groups (broad SMARTS) is 1. The van der Waals surface area contributed by atoms with Gasteiger partial charge in [0.1, 0.15) is 11.6 Å². The first kappa shape index (κ1) is 19.3. The Labute approximate surface area is 135 Å². The number of nitrogens with two attached hydrogens (primary N) is 1. The van der Waals surface area contributed by atoms with Gasteiger partial charge in [-0.25, -0.2) is 4.79 Å². The molecule has 0 bridgehead atoms. The van der Waals surface area contributed by atoms with Crippen LogP contribution in [0.1, 0.15) is 31.0 Å². The minimum atomic E-state index is -4.66. The van der Waals surface area contributed by atoms with Crippen LogP contribution in [-0.2, 0) is 15.8 Å². The maximum absolute atomic E-state index is 12.8. The Hall–Kier alpha value is -2.78. The fraction of sp³-hybridized carbons (Fsp3) is 0.357. The monoisotopic (exact) mass is 347 g/mol. The summed E-state index contributed by atoms with van der Waals surface area (Å²) in [4.78, 5) is 34.3. The van der Waals surface area contributed by atoms with Crippen LogP contribution >= 0.6 is 0 Å². The fourth-order valence-electron chi connectivity index (χ4n) is 1.76. The quantitative estimate of drug-likeness (QED) is 0.643. The summed E-state index contributed by atoms with van der Waals surface area (Å²) in [7, 11) is 0. The second-order valence-electron chi connectivity index (χ2n) is 5.48. The number of carbonyl (C=O) groups excluding carboxylic acids is 2. The molecule has 132 valence electrons. The maximum Gasteiger partial charge on any atom is 0.416 e. The van der Waals surface area contributed by atoms with E-state index in [4.69, 9.17) is 10.8 Å². The third-order valence-electron chi connectivity index (χ3n) is 3.13. The summed E-state index contributed by atoms with van der Waals surface area (Å²) in [6.07, 6.45) is -6.28. The molecule has 0 aliphatic rings. The van der Waals surface area contributed by atoms with Crippen molar-refractivity contribution in [2.24, 2.45) is 5.73 Å². The third-order valence-corrected chi connectivity index (χ3v) is 3.13. The summed E-state index contributed by atoms with van der Waals surface area (Å²) < 4.78 is 38.3. The van der Waals surface area contributed by atoms with Gasteiger partial charge in [0.05, 0.1) is 5.56 Å². The number of halogens is 3. The van der Waals surface area contributed by atoms with Crippen molar-refractivity contribution in [1.82, 2.24) is 10.6 Å². The molecule has 0 aromatic heterocycles. The first-order chi connectivity index (χ1) is 10.8. The average molecular weight is 347 g/mol. The van der Waals surface area contributed by atoms with Gasteiger partial charge in [0.15, 0.2) is 0 Å². The lowest BCUT2D eigenvalue weighted by atomic mass is 10.00. The third kappa shape index (κ3) is 4.86. The topological polar surface area (TPSA) is 122 Å². The van der Waals surface area contributed by atoms with Crippen molar-refractivity contribution in [2.45, 2.75) is 31.6 Å². The van der Waals surface area contributed by atoms with E-state index < -0.39 is 41.2 Å². The number of hydrogen-bond donors (Lipinski definition) is 4. The molecule has 1 aromatic rings. The number of nitrogens with one attached hydrogen (secondary N) is 2. The molecule has 0 saturated carbocycles. The number of amides is 3. The standard InChI is InChI=1S/C14H16F3N3O4/c1-13(2,11(18)22)20-10(21)9(19-12(23)24)7-4-3-5-8(6-7)14(15,16)17/h3-6,9,19H,1-2H3,(H2,18,22)(H,20,21)(H,23,24). The molecule has 1 unspecified atom stereocenters. The van der Waals surface area contributed by atoms with E-state index in [0.717, 1.165) is 18.2 Å². The van der Waals surface area contributed by atoms with Crippen molar-refractivity contribution in [1.29, 1.82) is 0 Å². The molecule has 10 heteroatoms. The molecule has 0 heterocycles. The first-order valence-electron chi connectivity index (χ1n) is 6.63. The summed E-state index contributed by atoms with van der Waals surface area (Å²) in [6, 6.07) is 1.99. The highest BCUT2D eigenvalue weighted by atomic mass is 19.4. The van der Waals surface area contributed by atoms with Crippen LogP contribution in [0.3, 0.4) is 0 Å². The molecule has 3 amide bonds. The number of carbonyl (C=O) groups is 3. The highest BCUT2D eigenvalue weighted by Crippen LogP contribution is 2.31. The Morgan fingerprint density at radius 2 is 1.79 bits per heavy atom. The van der Waals surface area contributed by atoms with Gasteiger partial charge in [-0.2, -0.15) is 13.2 Å². The van der Waals surface area contributed by atoms with E-state index in [1.165, 1.54) is 13.8 Å². The van der Waals surface area contributed by atoms with Crippen LogP contribution in [0.2, 0.25) is 0 Å². The molecule has 0 spiro atoms. The summed E-state index contributed by atoms with van der Waals surface area (Å²) in [5, 5.41) is 12.8. The van der Waals surface area contributed by atoms with Crippen LogP contribution in [0.15, 0.2) is 24.3 Å². The van der Waals surface area contributed by atoms with Gasteiger partial charge in [-0.1, -0.05) is 12.1 Å². The maximum atomic E-state index is 12.8. The number of alkyl halides is 3. The molecular formula is C14H16F3N3O4. The molecule has 0 fully saturated rings. The van der Waals surface area contributed by atoms with Gasteiger partial charge in [0.2, 0.25) is 11.8 Å². The van der Waals surface area contributed by atoms with Gasteiger partial charge in [-0.05, 0) is 31.5 Å². The predicted octanol–water partition coefficient (Wildman–Crippen LogP) is 1.39. The Morgan fingerprint density at radius 3 is 2.25 bits per heavy atom. The normalized spacial score (nSPS) is 13.0. The molecule has 5 N–H and O–H groups in total. The highest BCUT2D eigenvalue weighted by Gasteiger charge is 2.34. The summed E-state index contributed by atoms with van der Waals surface area (Å²) in [5.74, 6) is -1.91. The van der Waals surface area contributed by atoms with Gasteiger partial charge < -0.3 is 21.5 Å². The summed E-state index contributed by atoms with van der Waals surface area (Å²) in [5.41, 5.74) is 2.31. The van der Waals surface area contributed by atoms with E-state index >= 15 is 0 Å². The molecule has 1 aromatic carbocycles. The van der Waals surface area contributed by atoms with Crippen LogP contribution in [0.5, 0.6) is 0 Å². The van der Waals surface area contributed by atoms with Crippen molar-refractivity contribution in [3.63, 3.8) is 0 Å². The lowest BCUT2D eigenvalue weighted by molar-refractivity contribution is -0.137. The van der Waals surface area contributed by atoms with E-state index in [0.29, 0.717) is 6.07 Å². The second kappa shape index (κ2) is 6.77. The zero-order chi connectivity index (χ0) is 18.7. The molecule has 1 atom stereocenters. The molecule has 7 nitrogen and oxygen atoms in total. The minimum Gasteiger partial charge on any atom is -0.465 e. The van der Waals surface area contributed by atoms with Gasteiger partial charge in [0.25, 0.3) is 0 Å². The van der Waals surface area contributed by atoms with Gasteiger partial charge in [0, 0.05) is 0 Å². The lowest BCUT2D eigenvalue weighted by Gasteiger charge is -2.26. The average Bonchev–Trinajstić information content (AvgIpc) is 2.43. The van der Waals surface area contributed by atoms with E-state index in [2.05, 4.69) is 5.32 Å². The number of hydrogen-bond acceptors (Lipinski definition) is 3. The van der Waals surface area contributed by atoms with Crippen molar-refractivity contribution >= 4 is 17.9 Å². The van der Waals surface area contributed by atoms with Crippen LogP contribution in [0.25, 0.3) is 0 Å². The molecular weight excluding hydrogens is 331 g/mol. The lowest BCUT2D eigenvalue weighted by Crippen LogP contribution is -2.55. The van der Waals surface area contributed by atoms with E-state index in [9.17, 15) is 27.6 Å². The molecule has 0 aliphatic carbocycles. The SMILES string of the molecule is CC(C)(NC(=O)C(NC(=O)O)c1cccc(C(F)(F)F)c1)C(N)=O. The van der Waals surface area contributed by atoms with Gasteiger partial charge in [-0.3, -0.25) is 9.59 Å². The number of rotatable bonds is 5. The van der Waals surface area contributed by atoms with E-state index in [-0.39, 0.29) is 5.56 Å².